The zero-order valence-corrected chi connectivity index (χ0v) is 10.8. The number of carbonyl (C=O) groups is 2. The molecular weight excluding hydrogens is 273 g/mol. The Balaban J connectivity index is 2.30. The number of halogens is 3. The van der Waals surface area contributed by atoms with E-state index in [0.29, 0.717) is 13.1 Å². The van der Waals surface area contributed by atoms with Crippen LogP contribution >= 0.6 is 0 Å². The van der Waals surface area contributed by atoms with Crippen LogP contribution in [0.25, 0.3) is 0 Å². The van der Waals surface area contributed by atoms with E-state index in [-0.39, 0.29) is 12.1 Å². The lowest BCUT2D eigenvalue weighted by Gasteiger charge is -2.33. The van der Waals surface area contributed by atoms with Gasteiger partial charge < -0.3 is 4.90 Å². The minimum atomic E-state index is -4.44. The average molecular weight is 286 g/mol. The highest BCUT2D eigenvalue weighted by atomic mass is 19.4. The Bertz CT molecular complexity index is 525. The number of anilines is 1. The second-order valence-electron chi connectivity index (χ2n) is 4.39. The van der Waals surface area contributed by atoms with Gasteiger partial charge in [-0.1, -0.05) is 0 Å². The second-order valence-corrected chi connectivity index (χ2v) is 4.39. The quantitative estimate of drug-likeness (QED) is 0.838. The molecule has 0 aromatic heterocycles. The van der Waals surface area contributed by atoms with Crippen LogP contribution in [0, 0.1) is 0 Å². The number of nitrogens with zero attached hydrogens (tertiary/aromatic N) is 2. The third-order valence-electron chi connectivity index (χ3n) is 3.14. The summed E-state index contributed by atoms with van der Waals surface area (Å²) in [5.41, 5.74) is -0.656. The molecule has 1 saturated heterocycles. The molecule has 20 heavy (non-hydrogen) atoms. The van der Waals surface area contributed by atoms with Crippen LogP contribution in [-0.2, 0) is 11.0 Å². The first-order valence-corrected chi connectivity index (χ1v) is 6.13. The van der Waals surface area contributed by atoms with Gasteiger partial charge in [0.05, 0.1) is 11.3 Å². The van der Waals surface area contributed by atoms with Crippen molar-refractivity contribution in [2.24, 2.45) is 0 Å². The molecule has 108 valence electrons. The Kier molecular flexibility index (Phi) is 3.69. The maximum Gasteiger partial charge on any atom is 0.416 e. The fraction of sp³-hybridized carbons (Fsp3) is 0.385. The van der Waals surface area contributed by atoms with E-state index < -0.39 is 23.7 Å². The number of amides is 3. The summed E-state index contributed by atoms with van der Waals surface area (Å²) in [6, 6.07) is 3.50. The first-order valence-electron chi connectivity index (χ1n) is 6.13. The molecule has 1 fully saturated rings. The van der Waals surface area contributed by atoms with E-state index in [1.54, 1.807) is 6.92 Å². The molecule has 0 N–H and O–H groups in total. The van der Waals surface area contributed by atoms with Crippen LogP contribution in [0.3, 0.4) is 0 Å². The number of urea groups is 1. The fourth-order valence-electron chi connectivity index (χ4n) is 2.03. The van der Waals surface area contributed by atoms with E-state index in [2.05, 4.69) is 0 Å². The normalized spacial score (nSPS) is 16.8. The van der Waals surface area contributed by atoms with Crippen molar-refractivity contribution in [3.05, 3.63) is 29.8 Å². The summed E-state index contributed by atoms with van der Waals surface area (Å²) in [4.78, 5) is 26.3. The van der Waals surface area contributed by atoms with Crippen LogP contribution in [0.4, 0.5) is 23.7 Å². The Morgan fingerprint density at radius 1 is 1.15 bits per heavy atom. The van der Waals surface area contributed by atoms with Crippen LogP contribution < -0.4 is 4.90 Å². The number of imide groups is 1. The number of benzene rings is 1. The molecule has 1 heterocycles. The SMILES string of the molecule is CCN1CCC(=O)N(c2ccc(C(F)(F)F)cc2)C1=O. The standard InChI is InChI=1S/C13H13F3N2O2/c1-2-17-8-7-11(19)18(12(17)20)10-5-3-9(4-6-10)13(14,15)16/h3-6H,2,7-8H2,1H3. The summed E-state index contributed by atoms with van der Waals surface area (Å²) in [5, 5.41) is 0. The molecule has 1 aromatic carbocycles. The monoisotopic (exact) mass is 286 g/mol. The number of hydrogen-bond acceptors (Lipinski definition) is 2. The largest absolute Gasteiger partial charge is 0.416 e. The highest BCUT2D eigenvalue weighted by molar-refractivity contribution is 6.15. The maximum atomic E-state index is 12.5. The van der Waals surface area contributed by atoms with Gasteiger partial charge in [0, 0.05) is 19.5 Å². The molecule has 3 amide bonds. The summed E-state index contributed by atoms with van der Waals surface area (Å²) in [5.74, 6) is -0.403. The lowest BCUT2D eigenvalue weighted by atomic mass is 10.1. The van der Waals surface area contributed by atoms with Gasteiger partial charge in [-0.2, -0.15) is 13.2 Å². The third-order valence-corrected chi connectivity index (χ3v) is 3.14. The molecule has 0 atom stereocenters. The van der Waals surface area contributed by atoms with Crippen LogP contribution in [0.1, 0.15) is 18.9 Å². The van der Waals surface area contributed by atoms with E-state index >= 15 is 0 Å². The molecule has 0 radical (unpaired) electrons. The van der Waals surface area contributed by atoms with Gasteiger partial charge in [-0.15, -0.1) is 0 Å². The summed E-state index contributed by atoms with van der Waals surface area (Å²) in [7, 11) is 0. The van der Waals surface area contributed by atoms with Crippen LogP contribution in [0.5, 0.6) is 0 Å². The van der Waals surface area contributed by atoms with Crippen molar-refractivity contribution < 1.29 is 22.8 Å². The van der Waals surface area contributed by atoms with Gasteiger partial charge in [0.1, 0.15) is 0 Å². The zero-order chi connectivity index (χ0) is 14.9. The third kappa shape index (κ3) is 2.61. The lowest BCUT2D eigenvalue weighted by molar-refractivity contribution is -0.137. The van der Waals surface area contributed by atoms with Gasteiger partial charge in [0.15, 0.2) is 0 Å². The first kappa shape index (κ1) is 14.4. The van der Waals surface area contributed by atoms with Gasteiger partial charge in [0.25, 0.3) is 0 Å². The lowest BCUT2D eigenvalue weighted by Crippen LogP contribution is -2.52. The summed E-state index contributed by atoms with van der Waals surface area (Å²) >= 11 is 0. The van der Waals surface area contributed by atoms with E-state index in [1.165, 1.54) is 4.90 Å². The van der Waals surface area contributed by atoms with E-state index in [1.807, 2.05) is 0 Å². The predicted molar refractivity (Wildman–Crippen MR) is 66.2 cm³/mol. The topological polar surface area (TPSA) is 40.6 Å². The van der Waals surface area contributed by atoms with Crippen molar-refractivity contribution in [1.29, 1.82) is 0 Å². The molecular formula is C13H13F3N2O2. The predicted octanol–water partition coefficient (Wildman–Crippen LogP) is 2.88. The van der Waals surface area contributed by atoms with Gasteiger partial charge in [-0.05, 0) is 31.2 Å². The molecule has 2 rings (SSSR count). The summed E-state index contributed by atoms with van der Waals surface area (Å²) in [6.45, 7) is 2.56. The molecule has 0 bridgehead atoms. The summed E-state index contributed by atoms with van der Waals surface area (Å²) in [6.07, 6.45) is -4.27. The van der Waals surface area contributed by atoms with Crippen molar-refractivity contribution in [2.45, 2.75) is 19.5 Å². The Labute approximate surface area is 113 Å². The smallest absolute Gasteiger partial charge is 0.324 e. The first-order chi connectivity index (χ1) is 9.34. The van der Waals surface area contributed by atoms with E-state index in [9.17, 15) is 22.8 Å². The van der Waals surface area contributed by atoms with Crippen LogP contribution in [-0.4, -0.2) is 29.9 Å². The van der Waals surface area contributed by atoms with Crippen molar-refractivity contribution in [2.75, 3.05) is 18.0 Å². The average Bonchev–Trinajstić information content (AvgIpc) is 2.38. The van der Waals surface area contributed by atoms with Crippen LogP contribution in [0.15, 0.2) is 24.3 Å². The fourth-order valence-corrected chi connectivity index (χ4v) is 2.03. The number of rotatable bonds is 2. The molecule has 1 aromatic rings. The minimum absolute atomic E-state index is 0.158. The van der Waals surface area contributed by atoms with Crippen LogP contribution in [0.2, 0.25) is 0 Å². The molecule has 0 aliphatic carbocycles. The molecule has 1 aliphatic heterocycles. The Morgan fingerprint density at radius 3 is 2.25 bits per heavy atom. The maximum absolute atomic E-state index is 12.5. The molecule has 0 saturated carbocycles. The highest BCUT2D eigenvalue weighted by Crippen LogP contribution is 2.31. The minimum Gasteiger partial charge on any atom is -0.324 e. The van der Waals surface area contributed by atoms with Gasteiger partial charge in [-0.3, -0.25) is 4.79 Å². The van der Waals surface area contributed by atoms with Gasteiger partial charge in [-0.25, -0.2) is 9.69 Å². The van der Waals surface area contributed by atoms with Crippen molar-refractivity contribution in [1.82, 2.24) is 4.90 Å². The molecule has 7 heteroatoms. The molecule has 0 spiro atoms. The van der Waals surface area contributed by atoms with Crippen molar-refractivity contribution >= 4 is 17.6 Å². The van der Waals surface area contributed by atoms with Gasteiger partial charge >= 0.3 is 12.2 Å². The van der Waals surface area contributed by atoms with Gasteiger partial charge in [0.2, 0.25) is 5.91 Å². The molecule has 4 nitrogen and oxygen atoms in total. The number of carbonyl (C=O) groups excluding carboxylic acids is 2. The van der Waals surface area contributed by atoms with Crippen molar-refractivity contribution in [3.63, 3.8) is 0 Å². The Hall–Kier alpha value is -2.05. The highest BCUT2D eigenvalue weighted by Gasteiger charge is 2.34. The van der Waals surface area contributed by atoms with E-state index in [0.717, 1.165) is 29.2 Å². The summed E-state index contributed by atoms with van der Waals surface area (Å²) < 4.78 is 37.4. The Morgan fingerprint density at radius 2 is 1.75 bits per heavy atom. The number of alkyl halides is 3. The molecule has 0 unspecified atom stereocenters. The van der Waals surface area contributed by atoms with Crippen molar-refractivity contribution in [3.8, 4) is 0 Å². The molecule has 1 aliphatic rings. The number of hydrogen-bond donors (Lipinski definition) is 0. The zero-order valence-electron chi connectivity index (χ0n) is 10.8. The van der Waals surface area contributed by atoms with E-state index in [4.69, 9.17) is 0 Å². The second kappa shape index (κ2) is 5.15.